The van der Waals surface area contributed by atoms with Crippen LogP contribution in [0.15, 0.2) is 0 Å². The second-order valence-electron chi connectivity index (χ2n) is 5.61. The number of nitrogens with one attached hydrogen (secondary N) is 2. The normalized spacial score (nSPS) is 25.4. The fraction of sp³-hybridized carbons (Fsp3) is 0.800. The van der Waals surface area contributed by atoms with Gasteiger partial charge in [-0.1, -0.05) is 5.04 Å². The van der Waals surface area contributed by atoms with E-state index in [2.05, 4.69) is 29.6 Å². The number of carbonyl (C=O) groups excluding carboxylic acids is 2. The molecule has 1 rings (SSSR count). The second kappa shape index (κ2) is 12.6. The van der Waals surface area contributed by atoms with Crippen LogP contribution in [0.4, 0.5) is 13.2 Å². The second-order valence-corrected chi connectivity index (χ2v) is 13.0. The highest BCUT2D eigenvalue weighted by molar-refractivity contribution is 8.50. The Bertz CT molecular complexity index is 741. The van der Waals surface area contributed by atoms with Crippen molar-refractivity contribution in [2.75, 3.05) is 19.7 Å². The van der Waals surface area contributed by atoms with Gasteiger partial charge >= 0.3 is 12.1 Å². The summed E-state index contributed by atoms with van der Waals surface area (Å²) in [6.07, 6.45) is -9.18. The van der Waals surface area contributed by atoms with Gasteiger partial charge in [0.25, 0.3) is 0 Å². The zero-order valence-electron chi connectivity index (χ0n) is 15.3. The number of halogens is 3. The summed E-state index contributed by atoms with van der Waals surface area (Å²) in [5, 5.41) is 29.4. The van der Waals surface area contributed by atoms with Gasteiger partial charge in [-0.15, -0.1) is 0 Å². The maximum absolute atomic E-state index is 12.0. The van der Waals surface area contributed by atoms with E-state index >= 15 is 0 Å². The molecule has 1 aliphatic heterocycles. The molecule has 0 aliphatic carbocycles. The molecule has 1 fully saturated rings. The SMILES string of the molecule is O=C(NCCNC(=O)C(F)(F)F)C1CC(O)C(COOOP(=O)([O-])[P-]P(=O)([O-])OO[O-])O1. The van der Waals surface area contributed by atoms with E-state index in [4.69, 9.17) is 4.74 Å². The van der Waals surface area contributed by atoms with Crippen molar-refractivity contribution < 1.29 is 81.1 Å². The highest BCUT2D eigenvalue weighted by Crippen LogP contribution is 2.76. The minimum atomic E-state index is -5.29. The van der Waals surface area contributed by atoms with Gasteiger partial charge in [-0.05, 0) is 0 Å². The molecule has 0 bridgehead atoms. The molecule has 1 heterocycles. The van der Waals surface area contributed by atoms with Crippen LogP contribution < -0.4 is 25.7 Å². The Balaban J connectivity index is 2.32. The summed E-state index contributed by atoms with van der Waals surface area (Å²) in [6.45, 7) is -1.62. The lowest BCUT2D eigenvalue weighted by molar-refractivity contribution is -0.782. The zero-order valence-corrected chi connectivity index (χ0v) is 18.0. The zero-order chi connectivity index (χ0) is 24.6. The quantitative estimate of drug-likeness (QED) is 0.0939. The van der Waals surface area contributed by atoms with E-state index in [1.54, 1.807) is 0 Å². The van der Waals surface area contributed by atoms with Gasteiger partial charge in [0.15, 0.2) is 0 Å². The van der Waals surface area contributed by atoms with E-state index in [1.165, 1.54) is 5.32 Å². The van der Waals surface area contributed by atoms with Crippen LogP contribution >= 0.6 is 22.5 Å². The van der Waals surface area contributed by atoms with E-state index in [0.29, 0.717) is 0 Å². The predicted octanol–water partition coefficient (Wildman–Crippen LogP) is -2.71. The Labute approximate surface area is 177 Å². The Morgan fingerprint density at radius 3 is 2.34 bits per heavy atom. The summed E-state index contributed by atoms with van der Waals surface area (Å²) in [5.41, 5.74) is 0. The molecule has 0 spiro atoms. The minimum absolute atomic E-state index is 0.278. The third-order valence-corrected chi connectivity index (χ3v) is 9.83. The van der Waals surface area contributed by atoms with E-state index in [-0.39, 0.29) is 13.0 Å². The molecular weight excluding hydrogens is 522 g/mol. The molecule has 5 unspecified atom stereocenters. The molecule has 1 saturated heterocycles. The first-order valence-corrected chi connectivity index (χ1v) is 13.4. The van der Waals surface area contributed by atoms with Crippen LogP contribution in [0, 0.1) is 0 Å². The van der Waals surface area contributed by atoms with E-state index in [0.717, 1.165) is 0 Å². The van der Waals surface area contributed by atoms with Gasteiger partial charge in [0.1, 0.15) is 18.8 Å². The van der Waals surface area contributed by atoms with Gasteiger partial charge < -0.3 is 52.6 Å². The summed E-state index contributed by atoms with van der Waals surface area (Å²) in [5.74, 6) is -3.02. The Hall–Kier alpha value is -0.780. The van der Waals surface area contributed by atoms with Crippen molar-refractivity contribution in [2.45, 2.75) is 30.9 Å². The molecule has 1 aliphatic rings. The number of ether oxygens (including phenoxy) is 1. The lowest BCUT2D eigenvalue weighted by Crippen LogP contribution is -2.43. The summed E-state index contributed by atoms with van der Waals surface area (Å²) in [7, 11) is -12.1. The van der Waals surface area contributed by atoms with Crippen molar-refractivity contribution in [3.63, 3.8) is 0 Å². The lowest BCUT2D eigenvalue weighted by Gasteiger charge is -2.42. The summed E-state index contributed by atoms with van der Waals surface area (Å²) < 4.78 is 70.3. The van der Waals surface area contributed by atoms with Crippen LogP contribution in [-0.2, 0) is 47.8 Å². The molecule has 0 aromatic heterocycles. The van der Waals surface area contributed by atoms with Crippen molar-refractivity contribution in [2.24, 2.45) is 0 Å². The number of amides is 2. The highest BCUT2D eigenvalue weighted by Gasteiger charge is 2.39. The average molecular weight is 536 g/mol. The minimum Gasteiger partial charge on any atom is -0.799 e. The first-order valence-electron chi connectivity index (χ1n) is 7.96. The fourth-order valence-electron chi connectivity index (χ4n) is 1.98. The molecule has 32 heavy (non-hydrogen) atoms. The molecule has 0 radical (unpaired) electrons. The van der Waals surface area contributed by atoms with Crippen molar-refractivity contribution in [1.29, 1.82) is 0 Å². The number of carbonyl (C=O) groups is 2. The molecule has 0 aromatic carbocycles. The largest absolute Gasteiger partial charge is 0.799 e. The van der Waals surface area contributed by atoms with Gasteiger partial charge in [-0.2, -0.15) is 17.8 Å². The number of hydrogen-bond donors (Lipinski definition) is 3. The maximum atomic E-state index is 12.0. The number of alkyl halides is 3. The predicted molar refractivity (Wildman–Crippen MR) is 83.8 cm³/mol. The van der Waals surface area contributed by atoms with Crippen LogP contribution in [-0.4, -0.2) is 61.1 Å². The molecule has 16 nitrogen and oxygen atoms in total. The van der Waals surface area contributed by atoms with Crippen molar-refractivity contribution in [3.8, 4) is 0 Å². The van der Waals surface area contributed by atoms with Crippen LogP contribution in [0.1, 0.15) is 6.42 Å². The Kier molecular flexibility index (Phi) is 11.5. The number of rotatable bonds is 13. The molecule has 2 amide bonds. The summed E-state index contributed by atoms with van der Waals surface area (Å²) in [6, 6.07) is 0. The molecule has 188 valence electrons. The van der Waals surface area contributed by atoms with E-state index < -0.39 is 72.0 Å². The molecule has 3 N–H and O–H groups in total. The molecule has 22 heteroatoms. The third-order valence-electron chi connectivity index (χ3n) is 3.23. The highest BCUT2D eigenvalue weighted by atomic mass is 32.5. The van der Waals surface area contributed by atoms with Crippen LogP contribution in [0.3, 0.4) is 0 Å². The van der Waals surface area contributed by atoms with E-state index in [9.17, 15) is 52.0 Å². The summed E-state index contributed by atoms with van der Waals surface area (Å²) in [4.78, 5) is 49.0. The Morgan fingerprint density at radius 2 is 1.75 bits per heavy atom. The lowest BCUT2D eigenvalue weighted by atomic mass is 10.1. The Morgan fingerprint density at radius 1 is 1.16 bits per heavy atom. The number of hydrogen-bond acceptors (Lipinski definition) is 14. The molecular formula is C10H14F3N2O14P3-4. The van der Waals surface area contributed by atoms with Crippen LogP contribution in [0.25, 0.3) is 0 Å². The number of aliphatic hydroxyl groups excluding tert-OH is 1. The van der Waals surface area contributed by atoms with Gasteiger partial charge in [0.05, 0.1) is 6.10 Å². The smallest absolute Gasteiger partial charge is 0.471 e. The van der Waals surface area contributed by atoms with Gasteiger partial charge in [0.2, 0.25) is 5.91 Å². The molecule has 0 saturated carbocycles. The first-order chi connectivity index (χ1) is 14.7. The molecule has 5 atom stereocenters. The molecule has 0 aromatic rings. The van der Waals surface area contributed by atoms with Crippen LogP contribution in [0.2, 0.25) is 0 Å². The average Bonchev–Trinajstić information content (AvgIpc) is 3.01. The van der Waals surface area contributed by atoms with Crippen molar-refractivity contribution >= 4 is 34.3 Å². The van der Waals surface area contributed by atoms with Crippen LogP contribution in [0.5, 0.6) is 0 Å². The fourth-order valence-corrected chi connectivity index (χ4v) is 6.60. The van der Waals surface area contributed by atoms with Gasteiger partial charge in [0, 0.05) is 34.1 Å². The maximum Gasteiger partial charge on any atom is 0.471 e. The van der Waals surface area contributed by atoms with Crippen molar-refractivity contribution in [3.05, 3.63) is 0 Å². The first kappa shape index (κ1) is 29.3. The van der Waals surface area contributed by atoms with Gasteiger partial charge in [-0.3, -0.25) is 14.6 Å². The monoisotopic (exact) mass is 536 g/mol. The van der Waals surface area contributed by atoms with Gasteiger partial charge in [-0.25, -0.2) is 9.56 Å². The van der Waals surface area contributed by atoms with Crippen molar-refractivity contribution in [1.82, 2.24) is 10.6 Å². The number of aliphatic hydroxyl groups is 1. The summed E-state index contributed by atoms with van der Waals surface area (Å²) >= 11 is 0. The topological polar surface area (TPSA) is 237 Å². The standard InChI is InChI=1S/C10H17F3N2O14P3/c11-10(12,13)9(18)15-2-1-14-8(17)6-3-5(16)7(25-6)4-24-27-29-32(22,23)30-31(20,21)28-26-19/h5-7,16,19H,1-4H2,(H,14,17)(H,15,18)(H,20,21)(H,22,23)/q-1/p-3. The van der Waals surface area contributed by atoms with E-state index in [1.807, 2.05) is 0 Å². The third kappa shape index (κ3) is 10.9.